The Kier molecular flexibility index (Phi) is 75.6. The molecular weight excluding hydrogens is 1380 g/mol. The predicted octanol–water partition coefficient (Wildman–Crippen LogP) is 26.5. The summed E-state index contributed by atoms with van der Waals surface area (Å²) in [6.45, 7) is 12.0. The number of aliphatic hydroxyl groups is 1. The van der Waals surface area contributed by atoms with Gasteiger partial charge in [0, 0.05) is 25.7 Å². The molecule has 630 valence electrons. The van der Waals surface area contributed by atoms with Gasteiger partial charge in [0.05, 0.1) is 26.4 Å². The van der Waals surface area contributed by atoms with Gasteiger partial charge in [-0.15, -0.1) is 0 Å². The number of carbonyl (C=O) groups excluding carboxylic acids is 4. The van der Waals surface area contributed by atoms with Crippen LogP contribution in [0.1, 0.15) is 459 Å². The van der Waals surface area contributed by atoms with E-state index in [0.29, 0.717) is 25.7 Å². The molecule has 3 N–H and O–H groups in total. The molecule has 0 aliphatic rings. The molecule has 0 saturated heterocycles. The van der Waals surface area contributed by atoms with Crippen molar-refractivity contribution in [3.05, 3.63) is 0 Å². The van der Waals surface area contributed by atoms with E-state index >= 15 is 0 Å². The Morgan fingerprint density at radius 1 is 0.274 bits per heavy atom. The van der Waals surface area contributed by atoms with Gasteiger partial charge in [0.25, 0.3) is 0 Å². The highest BCUT2D eigenvalue weighted by molar-refractivity contribution is 7.47. The maximum Gasteiger partial charge on any atom is 0.472 e. The molecule has 0 fully saturated rings. The summed E-state index contributed by atoms with van der Waals surface area (Å²) in [5.41, 5.74) is 0. The largest absolute Gasteiger partial charge is 0.472 e. The van der Waals surface area contributed by atoms with Crippen molar-refractivity contribution in [3.8, 4) is 0 Å². The van der Waals surface area contributed by atoms with E-state index in [-0.39, 0.29) is 25.7 Å². The summed E-state index contributed by atoms with van der Waals surface area (Å²) in [6, 6.07) is 0. The van der Waals surface area contributed by atoms with Crippen LogP contribution in [-0.4, -0.2) is 96.7 Å². The first kappa shape index (κ1) is 104. The van der Waals surface area contributed by atoms with E-state index in [1.54, 1.807) is 0 Å². The minimum absolute atomic E-state index is 0.106. The first-order chi connectivity index (χ1) is 51.3. The zero-order valence-corrected chi connectivity index (χ0v) is 71.7. The molecule has 0 spiro atoms. The van der Waals surface area contributed by atoms with Crippen molar-refractivity contribution in [2.45, 2.75) is 478 Å². The van der Waals surface area contributed by atoms with Gasteiger partial charge in [-0.05, 0) is 43.4 Å². The molecule has 0 aliphatic heterocycles. The average molecular weight is 1550 g/mol. The highest BCUT2D eigenvalue weighted by atomic mass is 31.2. The van der Waals surface area contributed by atoms with Crippen molar-refractivity contribution in [3.63, 3.8) is 0 Å². The van der Waals surface area contributed by atoms with Crippen LogP contribution in [0.25, 0.3) is 0 Å². The summed E-state index contributed by atoms with van der Waals surface area (Å²) >= 11 is 0. The van der Waals surface area contributed by atoms with E-state index in [0.717, 1.165) is 108 Å². The Hall–Kier alpha value is -1.94. The molecule has 0 rings (SSSR count). The van der Waals surface area contributed by atoms with Crippen LogP contribution in [0.15, 0.2) is 0 Å². The number of esters is 4. The molecule has 0 saturated carbocycles. The van der Waals surface area contributed by atoms with E-state index in [9.17, 15) is 43.2 Å². The summed E-state index contributed by atoms with van der Waals surface area (Å²) in [7, 11) is -9.93. The Bertz CT molecular complexity index is 2050. The molecule has 0 aliphatic carbocycles. The molecule has 106 heavy (non-hydrogen) atoms. The number of aliphatic hydroxyl groups excluding tert-OH is 1. The molecular formula is C87H170O17P2. The lowest BCUT2D eigenvalue weighted by molar-refractivity contribution is -0.161. The number of ether oxygens (including phenoxy) is 4. The van der Waals surface area contributed by atoms with Crippen molar-refractivity contribution in [1.29, 1.82) is 0 Å². The normalized spacial score (nSPS) is 14.4. The summed E-state index contributed by atoms with van der Waals surface area (Å²) in [5, 5.41) is 10.7. The predicted molar refractivity (Wildman–Crippen MR) is 437 cm³/mol. The molecule has 0 bridgehead atoms. The third-order valence-electron chi connectivity index (χ3n) is 21.1. The van der Waals surface area contributed by atoms with Gasteiger partial charge in [-0.2, -0.15) is 0 Å². The van der Waals surface area contributed by atoms with Crippen molar-refractivity contribution < 1.29 is 80.2 Å². The van der Waals surface area contributed by atoms with E-state index < -0.39 is 97.5 Å². The van der Waals surface area contributed by atoms with E-state index in [2.05, 4.69) is 48.5 Å². The maximum absolute atomic E-state index is 13.2. The van der Waals surface area contributed by atoms with Gasteiger partial charge in [-0.1, -0.05) is 408 Å². The van der Waals surface area contributed by atoms with Crippen LogP contribution in [-0.2, 0) is 65.4 Å². The van der Waals surface area contributed by atoms with Crippen LogP contribution < -0.4 is 0 Å². The van der Waals surface area contributed by atoms with Crippen molar-refractivity contribution in [2.75, 3.05) is 39.6 Å². The second-order valence-electron chi connectivity index (χ2n) is 32.2. The van der Waals surface area contributed by atoms with E-state index in [1.807, 2.05) is 0 Å². The average Bonchev–Trinajstić information content (AvgIpc) is 0.917. The fraction of sp³-hybridized carbons (Fsp3) is 0.954. The smallest absolute Gasteiger partial charge is 0.462 e. The quantitative estimate of drug-likeness (QED) is 0.0222. The number of hydrogen-bond donors (Lipinski definition) is 3. The van der Waals surface area contributed by atoms with Crippen LogP contribution in [0, 0.1) is 17.8 Å². The van der Waals surface area contributed by atoms with Crippen LogP contribution in [0.4, 0.5) is 0 Å². The molecule has 0 aromatic rings. The highest BCUT2D eigenvalue weighted by Crippen LogP contribution is 2.45. The van der Waals surface area contributed by atoms with Crippen molar-refractivity contribution in [2.24, 2.45) is 17.8 Å². The Balaban J connectivity index is 5.25. The number of rotatable bonds is 85. The number of hydrogen-bond acceptors (Lipinski definition) is 15. The molecule has 0 aromatic carbocycles. The molecule has 0 radical (unpaired) electrons. The fourth-order valence-corrected chi connectivity index (χ4v) is 15.1. The molecule has 0 aromatic heterocycles. The molecule has 0 amide bonds. The molecule has 17 nitrogen and oxygen atoms in total. The first-order valence-corrected chi connectivity index (χ1v) is 47.9. The topological polar surface area (TPSA) is 237 Å². The zero-order chi connectivity index (χ0) is 77.9. The number of phosphoric acid groups is 2. The SMILES string of the molecule is CCCCCCCCCCCCCCCCCCCCCCCCC(=O)O[C@H](COC(=O)CCCCCCCCCCCCCCCCCC(C)C)COP(=O)(O)OC[C@@H](O)COP(=O)(O)OC[C@@H](COC(=O)CCCCCCCCCCC(C)CC)OC(=O)CCCCCCCCCCCCC(C)CC. The summed E-state index contributed by atoms with van der Waals surface area (Å²) < 4.78 is 68.9. The lowest BCUT2D eigenvalue weighted by atomic mass is 9.99. The second-order valence-corrected chi connectivity index (χ2v) is 35.1. The second kappa shape index (κ2) is 77.0. The zero-order valence-electron chi connectivity index (χ0n) is 69.9. The first-order valence-electron chi connectivity index (χ1n) is 44.9. The van der Waals surface area contributed by atoms with Gasteiger partial charge >= 0.3 is 39.5 Å². The molecule has 7 atom stereocenters. The lowest BCUT2D eigenvalue weighted by Crippen LogP contribution is -2.30. The van der Waals surface area contributed by atoms with Crippen molar-refractivity contribution in [1.82, 2.24) is 0 Å². The molecule has 19 heteroatoms. The minimum Gasteiger partial charge on any atom is -0.462 e. The standard InChI is InChI=1S/C87H170O17P2/c1-8-11-12-13-14-15-16-17-18-19-20-21-22-23-24-27-31-34-40-49-56-63-70-86(91)103-82(74-97-84(89)68-61-54-47-39-33-30-28-25-26-29-32-37-44-51-58-65-78(4)5)76-101-105(93,94)99-72-81(88)73-100-106(95,96)102-77-83(75-98-85(90)69-62-55-48-43-42-46-53-60-67-80(7)10-3)104-87(92)71-64-57-50-41-36-35-38-45-52-59-66-79(6)9-2/h78-83,88H,8-77H2,1-7H3,(H,93,94)(H,95,96)/t79?,80?,81-,82-,83-/m1/s1. The summed E-state index contributed by atoms with van der Waals surface area (Å²) in [4.78, 5) is 73.3. The monoisotopic (exact) mass is 1550 g/mol. The number of phosphoric ester groups is 2. The maximum atomic E-state index is 13.2. The fourth-order valence-electron chi connectivity index (χ4n) is 13.5. The summed E-state index contributed by atoms with van der Waals surface area (Å²) in [6.07, 6.45) is 68.0. The van der Waals surface area contributed by atoms with Gasteiger partial charge in [0.15, 0.2) is 12.2 Å². The Morgan fingerprint density at radius 3 is 0.717 bits per heavy atom. The third-order valence-corrected chi connectivity index (χ3v) is 23.0. The Morgan fingerprint density at radius 2 is 0.481 bits per heavy atom. The molecule has 0 heterocycles. The van der Waals surface area contributed by atoms with Gasteiger partial charge in [-0.25, -0.2) is 9.13 Å². The van der Waals surface area contributed by atoms with Crippen LogP contribution in [0.2, 0.25) is 0 Å². The highest BCUT2D eigenvalue weighted by Gasteiger charge is 2.31. The van der Waals surface area contributed by atoms with E-state index in [1.165, 1.54) is 270 Å². The summed E-state index contributed by atoms with van der Waals surface area (Å²) in [5.74, 6) is 0.282. The number of unbranched alkanes of at least 4 members (excludes halogenated alkanes) is 51. The van der Waals surface area contributed by atoms with E-state index in [4.69, 9.17) is 37.0 Å². The minimum atomic E-state index is -4.97. The number of carbonyl (C=O) groups is 4. The van der Waals surface area contributed by atoms with Gasteiger partial charge in [0.2, 0.25) is 0 Å². The van der Waals surface area contributed by atoms with Crippen LogP contribution in [0.3, 0.4) is 0 Å². The van der Waals surface area contributed by atoms with Gasteiger partial charge in [0.1, 0.15) is 19.3 Å². The Labute approximate surface area is 651 Å². The van der Waals surface area contributed by atoms with Crippen LogP contribution >= 0.6 is 15.6 Å². The van der Waals surface area contributed by atoms with Gasteiger partial charge < -0.3 is 33.8 Å². The third kappa shape index (κ3) is 77.4. The van der Waals surface area contributed by atoms with Crippen molar-refractivity contribution >= 4 is 39.5 Å². The lowest BCUT2D eigenvalue weighted by Gasteiger charge is -2.21. The molecule has 4 unspecified atom stereocenters. The van der Waals surface area contributed by atoms with Gasteiger partial charge in [-0.3, -0.25) is 37.3 Å². The van der Waals surface area contributed by atoms with Crippen LogP contribution in [0.5, 0.6) is 0 Å².